The minimum atomic E-state index is 0.204. The zero-order chi connectivity index (χ0) is 18.6. The molecule has 2 amide bonds. The molecule has 2 aliphatic rings. The minimum Gasteiger partial charge on any atom is -0.334 e. The largest absolute Gasteiger partial charge is 0.334 e. The molecule has 7 nitrogen and oxygen atoms in total. The standard InChI is InChI=1S/C20H27N5O2/c1-16-5-7-17(8-6-16)19-21-18(22-27-19)15-23-11-13-25(14-12-23)20(26)24-9-3-2-4-10-24/h5-8H,2-4,9-15H2,1H3. The number of likely N-dealkylation sites (tertiary alicyclic amines) is 1. The molecule has 0 spiro atoms. The van der Waals surface area contributed by atoms with Crippen LogP contribution in [0.4, 0.5) is 4.79 Å². The molecule has 0 bridgehead atoms. The normalized spacial score (nSPS) is 18.7. The smallest absolute Gasteiger partial charge is 0.320 e. The average Bonchev–Trinajstić information content (AvgIpc) is 3.18. The Labute approximate surface area is 159 Å². The zero-order valence-corrected chi connectivity index (χ0v) is 15.9. The van der Waals surface area contributed by atoms with E-state index >= 15 is 0 Å². The van der Waals surface area contributed by atoms with Gasteiger partial charge in [-0.1, -0.05) is 22.9 Å². The number of urea groups is 1. The lowest BCUT2D eigenvalue weighted by Crippen LogP contribution is -2.53. The van der Waals surface area contributed by atoms with Crippen LogP contribution in [0.1, 0.15) is 30.7 Å². The summed E-state index contributed by atoms with van der Waals surface area (Å²) in [6.07, 6.45) is 3.51. The highest BCUT2D eigenvalue weighted by atomic mass is 16.5. The number of hydrogen-bond donors (Lipinski definition) is 0. The topological polar surface area (TPSA) is 65.7 Å². The van der Waals surface area contributed by atoms with Crippen molar-refractivity contribution in [1.29, 1.82) is 0 Å². The first kappa shape index (κ1) is 18.0. The number of rotatable bonds is 3. The Balaban J connectivity index is 1.29. The van der Waals surface area contributed by atoms with Gasteiger partial charge in [-0.05, 0) is 38.3 Å². The fraction of sp³-hybridized carbons (Fsp3) is 0.550. The van der Waals surface area contributed by atoms with Crippen LogP contribution in [0, 0.1) is 6.92 Å². The van der Waals surface area contributed by atoms with E-state index in [0.29, 0.717) is 18.3 Å². The number of aryl methyl sites for hydroxylation is 1. The molecule has 0 N–H and O–H groups in total. The van der Waals surface area contributed by atoms with Crippen LogP contribution >= 0.6 is 0 Å². The predicted octanol–water partition coefficient (Wildman–Crippen LogP) is 2.77. The maximum absolute atomic E-state index is 12.6. The molecule has 3 heterocycles. The number of aromatic nitrogens is 2. The third kappa shape index (κ3) is 4.30. The molecule has 4 rings (SSSR count). The number of carbonyl (C=O) groups excluding carboxylic acids is 1. The van der Waals surface area contributed by atoms with E-state index in [1.165, 1.54) is 12.0 Å². The van der Waals surface area contributed by atoms with Gasteiger partial charge < -0.3 is 14.3 Å². The SMILES string of the molecule is Cc1ccc(-c2nc(CN3CCN(C(=O)N4CCCCC4)CC3)no2)cc1. The second-order valence-corrected chi connectivity index (χ2v) is 7.48. The van der Waals surface area contributed by atoms with Gasteiger partial charge in [0.1, 0.15) is 0 Å². The van der Waals surface area contributed by atoms with Crippen LogP contribution in [0.25, 0.3) is 11.5 Å². The lowest BCUT2D eigenvalue weighted by Gasteiger charge is -2.38. The van der Waals surface area contributed by atoms with Gasteiger partial charge in [0.15, 0.2) is 5.82 Å². The number of hydrogen-bond acceptors (Lipinski definition) is 5. The first-order valence-corrected chi connectivity index (χ1v) is 9.85. The molecule has 2 saturated heterocycles. The molecule has 27 heavy (non-hydrogen) atoms. The quantitative estimate of drug-likeness (QED) is 0.832. The van der Waals surface area contributed by atoms with E-state index < -0.39 is 0 Å². The molecule has 1 aromatic carbocycles. The van der Waals surface area contributed by atoms with Crippen molar-refractivity contribution >= 4 is 6.03 Å². The molecular weight excluding hydrogens is 342 g/mol. The molecule has 0 radical (unpaired) electrons. The molecule has 0 atom stereocenters. The lowest BCUT2D eigenvalue weighted by atomic mass is 10.1. The summed E-state index contributed by atoms with van der Waals surface area (Å²) < 4.78 is 5.41. The molecule has 0 saturated carbocycles. The second kappa shape index (κ2) is 8.08. The second-order valence-electron chi connectivity index (χ2n) is 7.48. The molecule has 0 aliphatic carbocycles. The molecule has 2 aromatic rings. The minimum absolute atomic E-state index is 0.204. The van der Waals surface area contributed by atoms with Gasteiger partial charge in [-0.3, -0.25) is 4.90 Å². The van der Waals surface area contributed by atoms with Crippen LogP contribution in [0.3, 0.4) is 0 Å². The summed E-state index contributed by atoms with van der Waals surface area (Å²) in [5, 5.41) is 4.12. The van der Waals surface area contributed by atoms with E-state index in [1.807, 2.05) is 34.1 Å². The first-order valence-electron chi connectivity index (χ1n) is 9.85. The van der Waals surface area contributed by atoms with Gasteiger partial charge in [-0.25, -0.2) is 4.79 Å². The van der Waals surface area contributed by atoms with Gasteiger partial charge in [-0.2, -0.15) is 4.98 Å². The van der Waals surface area contributed by atoms with Crippen molar-refractivity contribution < 1.29 is 9.32 Å². The Hall–Kier alpha value is -2.41. The molecule has 2 fully saturated rings. The van der Waals surface area contributed by atoms with E-state index in [4.69, 9.17) is 4.52 Å². The Bertz CT molecular complexity index is 759. The predicted molar refractivity (Wildman–Crippen MR) is 102 cm³/mol. The first-order chi connectivity index (χ1) is 13.2. The summed E-state index contributed by atoms with van der Waals surface area (Å²) in [6.45, 7) is 7.73. The van der Waals surface area contributed by atoms with Crippen LogP contribution in [-0.2, 0) is 6.54 Å². The number of nitrogens with zero attached hydrogens (tertiary/aromatic N) is 5. The van der Waals surface area contributed by atoms with Crippen molar-refractivity contribution in [3.8, 4) is 11.5 Å². The Morgan fingerprint density at radius 2 is 1.63 bits per heavy atom. The van der Waals surface area contributed by atoms with Crippen molar-refractivity contribution in [2.45, 2.75) is 32.7 Å². The Morgan fingerprint density at radius 3 is 2.33 bits per heavy atom. The summed E-state index contributed by atoms with van der Waals surface area (Å²) in [5.74, 6) is 1.25. The summed E-state index contributed by atoms with van der Waals surface area (Å²) >= 11 is 0. The fourth-order valence-electron chi connectivity index (χ4n) is 3.71. The van der Waals surface area contributed by atoms with Gasteiger partial charge in [0.05, 0.1) is 6.54 Å². The monoisotopic (exact) mass is 369 g/mol. The molecule has 144 valence electrons. The van der Waals surface area contributed by atoms with Gasteiger partial charge >= 0.3 is 6.03 Å². The molecule has 0 unspecified atom stereocenters. The molecule has 7 heteroatoms. The van der Waals surface area contributed by atoms with Crippen LogP contribution in [0.5, 0.6) is 0 Å². The maximum Gasteiger partial charge on any atom is 0.320 e. The molecule has 1 aromatic heterocycles. The van der Waals surface area contributed by atoms with E-state index in [9.17, 15) is 4.79 Å². The number of benzene rings is 1. The van der Waals surface area contributed by atoms with Crippen molar-refractivity contribution in [2.75, 3.05) is 39.3 Å². The number of amides is 2. The van der Waals surface area contributed by atoms with Gasteiger partial charge in [0.25, 0.3) is 5.89 Å². The van der Waals surface area contributed by atoms with Crippen LogP contribution in [0.15, 0.2) is 28.8 Å². The van der Waals surface area contributed by atoms with Crippen molar-refractivity contribution in [3.63, 3.8) is 0 Å². The van der Waals surface area contributed by atoms with Gasteiger partial charge in [0, 0.05) is 44.8 Å². The Kier molecular flexibility index (Phi) is 5.38. The van der Waals surface area contributed by atoms with Crippen molar-refractivity contribution in [2.24, 2.45) is 0 Å². The molecular formula is C20H27N5O2. The lowest BCUT2D eigenvalue weighted by molar-refractivity contribution is 0.103. The van der Waals surface area contributed by atoms with Crippen LogP contribution in [-0.4, -0.2) is 70.1 Å². The maximum atomic E-state index is 12.6. The van der Waals surface area contributed by atoms with Crippen molar-refractivity contribution in [1.82, 2.24) is 24.8 Å². The van der Waals surface area contributed by atoms with Crippen molar-refractivity contribution in [3.05, 3.63) is 35.7 Å². The van der Waals surface area contributed by atoms with Gasteiger partial charge in [0.2, 0.25) is 0 Å². The number of piperazine rings is 1. The highest BCUT2D eigenvalue weighted by molar-refractivity contribution is 5.74. The summed E-state index contributed by atoms with van der Waals surface area (Å²) in [4.78, 5) is 23.4. The van der Waals surface area contributed by atoms with E-state index in [-0.39, 0.29) is 6.03 Å². The fourth-order valence-corrected chi connectivity index (χ4v) is 3.71. The third-order valence-corrected chi connectivity index (χ3v) is 5.40. The van der Waals surface area contributed by atoms with E-state index in [0.717, 1.165) is 57.7 Å². The highest BCUT2D eigenvalue weighted by Gasteiger charge is 2.26. The average molecular weight is 369 g/mol. The van der Waals surface area contributed by atoms with Gasteiger partial charge in [-0.15, -0.1) is 0 Å². The summed E-state index contributed by atoms with van der Waals surface area (Å²) in [5.41, 5.74) is 2.15. The molecule has 2 aliphatic heterocycles. The van der Waals surface area contributed by atoms with Crippen LogP contribution in [0.2, 0.25) is 0 Å². The Morgan fingerprint density at radius 1 is 0.963 bits per heavy atom. The summed E-state index contributed by atoms with van der Waals surface area (Å²) in [6, 6.07) is 8.28. The van der Waals surface area contributed by atoms with E-state index in [2.05, 4.69) is 22.0 Å². The third-order valence-electron chi connectivity index (χ3n) is 5.40. The highest BCUT2D eigenvalue weighted by Crippen LogP contribution is 2.19. The van der Waals surface area contributed by atoms with Crippen LogP contribution < -0.4 is 0 Å². The zero-order valence-electron chi connectivity index (χ0n) is 15.9. The number of carbonyl (C=O) groups is 1. The summed E-state index contributed by atoms with van der Waals surface area (Å²) in [7, 11) is 0. The van der Waals surface area contributed by atoms with E-state index in [1.54, 1.807) is 0 Å². The number of piperidine rings is 1.